The van der Waals surface area contributed by atoms with Gasteiger partial charge in [0.25, 0.3) is 0 Å². The monoisotopic (exact) mass is 261 g/mol. The van der Waals surface area contributed by atoms with Crippen LogP contribution in [-0.4, -0.2) is 26.3 Å². The van der Waals surface area contributed by atoms with Crippen molar-refractivity contribution in [3.63, 3.8) is 0 Å². The summed E-state index contributed by atoms with van der Waals surface area (Å²) in [5.74, 6) is 0.845. The fourth-order valence-corrected chi connectivity index (χ4v) is 2.70. The van der Waals surface area contributed by atoms with Crippen molar-refractivity contribution < 1.29 is 4.74 Å². The van der Waals surface area contributed by atoms with Crippen LogP contribution in [0.3, 0.4) is 0 Å². The third kappa shape index (κ3) is 6.22. The lowest BCUT2D eigenvalue weighted by molar-refractivity contribution is 0.112. The molecule has 1 aromatic carbocycles. The molecular formula is C17H27NO. The van der Waals surface area contributed by atoms with E-state index in [1.807, 2.05) is 0 Å². The van der Waals surface area contributed by atoms with Gasteiger partial charge in [-0.1, -0.05) is 30.3 Å². The van der Waals surface area contributed by atoms with Gasteiger partial charge in [0.15, 0.2) is 0 Å². The molecule has 0 amide bonds. The van der Waals surface area contributed by atoms with Gasteiger partial charge < -0.3 is 10.1 Å². The van der Waals surface area contributed by atoms with E-state index in [4.69, 9.17) is 4.74 Å². The normalized spacial score (nSPS) is 19.5. The molecule has 1 aromatic rings. The van der Waals surface area contributed by atoms with Gasteiger partial charge in [-0.2, -0.15) is 0 Å². The molecule has 0 aromatic heterocycles. The predicted octanol–water partition coefficient (Wildman–Crippen LogP) is 3.42. The van der Waals surface area contributed by atoms with E-state index in [1.165, 1.54) is 57.2 Å². The van der Waals surface area contributed by atoms with Crippen LogP contribution in [0.15, 0.2) is 30.3 Å². The Labute approximate surface area is 117 Å². The molecule has 0 saturated carbocycles. The van der Waals surface area contributed by atoms with Gasteiger partial charge in [0.2, 0.25) is 0 Å². The molecule has 0 aliphatic carbocycles. The molecule has 2 heteroatoms. The molecule has 1 saturated heterocycles. The lowest BCUT2D eigenvalue weighted by Crippen LogP contribution is -2.30. The maximum absolute atomic E-state index is 5.75. The minimum absolute atomic E-state index is 0.845. The minimum Gasteiger partial charge on any atom is -0.381 e. The maximum atomic E-state index is 5.75. The van der Waals surface area contributed by atoms with Crippen LogP contribution >= 0.6 is 0 Å². The molecule has 1 unspecified atom stereocenters. The van der Waals surface area contributed by atoms with Crippen molar-refractivity contribution in [2.75, 3.05) is 26.3 Å². The van der Waals surface area contributed by atoms with E-state index in [2.05, 4.69) is 35.6 Å². The average molecular weight is 261 g/mol. The Hall–Kier alpha value is -0.860. The van der Waals surface area contributed by atoms with Gasteiger partial charge in [0.05, 0.1) is 0 Å². The van der Waals surface area contributed by atoms with E-state index in [-0.39, 0.29) is 0 Å². The summed E-state index contributed by atoms with van der Waals surface area (Å²) < 4.78 is 5.75. The molecular weight excluding hydrogens is 234 g/mol. The molecule has 1 N–H and O–H groups in total. The number of benzene rings is 1. The second kappa shape index (κ2) is 9.11. The first kappa shape index (κ1) is 14.5. The van der Waals surface area contributed by atoms with Crippen molar-refractivity contribution >= 4 is 0 Å². The third-order valence-electron chi connectivity index (χ3n) is 3.92. The number of piperidine rings is 1. The summed E-state index contributed by atoms with van der Waals surface area (Å²) in [6.45, 7) is 4.26. The van der Waals surface area contributed by atoms with Gasteiger partial charge in [0.1, 0.15) is 0 Å². The fourth-order valence-electron chi connectivity index (χ4n) is 2.70. The maximum Gasteiger partial charge on any atom is 0.0469 e. The highest BCUT2D eigenvalue weighted by Crippen LogP contribution is 2.13. The van der Waals surface area contributed by atoms with Gasteiger partial charge in [-0.05, 0) is 63.1 Å². The van der Waals surface area contributed by atoms with E-state index in [0.717, 1.165) is 19.1 Å². The summed E-state index contributed by atoms with van der Waals surface area (Å²) in [7, 11) is 0. The zero-order valence-electron chi connectivity index (χ0n) is 11.9. The number of unbranched alkanes of at least 4 members (excludes halogenated alkanes) is 1. The van der Waals surface area contributed by atoms with Crippen molar-refractivity contribution in [1.29, 1.82) is 0 Å². The van der Waals surface area contributed by atoms with Gasteiger partial charge in [-0.3, -0.25) is 0 Å². The summed E-state index contributed by atoms with van der Waals surface area (Å²) in [5.41, 5.74) is 1.44. The third-order valence-corrected chi connectivity index (χ3v) is 3.92. The Bertz CT molecular complexity index is 319. The number of rotatable bonds is 8. The van der Waals surface area contributed by atoms with Crippen molar-refractivity contribution in [2.45, 2.75) is 38.5 Å². The van der Waals surface area contributed by atoms with Crippen molar-refractivity contribution in [2.24, 2.45) is 5.92 Å². The van der Waals surface area contributed by atoms with E-state index < -0.39 is 0 Å². The van der Waals surface area contributed by atoms with E-state index in [0.29, 0.717) is 0 Å². The van der Waals surface area contributed by atoms with Gasteiger partial charge >= 0.3 is 0 Å². The standard InChI is InChI=1S/C17H27NO/c1-2-7-16(8-3-1)9-4-5-13-19-14-11-17-10-6-12-18-15-17/h1-3,7-8,17-18H,4-6,9-15H2. The van der Waals surface area contributed by atoms with Crippen LogP contribution in [0.5, 0.6) is 0 Å². The summed E-state index contributed by atoms with van der Waals surface area (Å²) in [5, 5.41) is 3.46. The molecule has 1 atom stereocenters. The topological polar surface area (TPSA) is 21.3 Å². The van der Waals surface area contributed by atoms with Crippen LogP contribution < -0.4 is 5.32 Å². The number of hydrogen-bond donors (Lipinski definition) is 1. The Morgan fingerprint density at radius 3 is 2.79 bits per heavy atom. The second-order valence-electron chi connectivity index (χ2n) is 5.56. The molecule has 1 aliphatic heterocycles. The Morgan fingerprint density at radius 2 is 2.00 bits per heavy atom. The van der Waals surface area contributed by atoms with Crippen LogP contribution in [0.25, 0.3) is 0 Å². The lowest BCUT2D eigenvalue weighted by atomic mass is 9.97. The molecule has 106 valence electrons. The summed E-state index contributed by atoms with van der Waals surface area (Å²) >= 11 is 0. The fraction of sp³-hybridized carbons (Fsp3) is 0.647. The first-order valence-corrected chi connectivity index (χ1v) is 7.77. The zero-order valence-corrected chi connectivity index (χ0v) is 11.9. The quantitative estimate of drug-likeness (QED) is 0.724. The molecule has 0 radical (unpaired) electrons. The van der Waals surface area contributed by atoms with Crippen LogP contribution in [0, 0.1) is 5.92 Å². The number of nitrogens with one attached hydrogen (secondary N) is 1. The van der Waals surface area contributed by atoms with Crippen molar-refractivity contribution in [3.8, 4) is 0 Å². The van der Waals surface area contributed by atoms with Gasteiger partial charge in [-0.15, -0.1) is 0 Å². The highest BCUT2D eigenvalue weighted by atomic mass is 16.5. The summed E-state index contributed by atoms with van der Waals surface area (Å²) in [6.07, 6.45) is 7.53. The van der Waals surface area contributed by atoms with Crippen LogP contribution in [-0.2, 0) is 11.2 Å². The summed E-state index contributed by atoms with van der Waals surface area (Å²) in [4.78, 5) is 0. The van der Waals surface area contributed by atoms with Crippen LogP contribution in [0.1, 0.15) is 37.7 Å². The molecule has 2 rings (SSSR count). The highest BCUT2D eigenvalue weighted by molar-refractivity contribution is 5.14. The minimum atomic E-state index is 0.845. The van der Waals surface area contributed by atoms with E-state index >= 15 is 0 Å². The highest BCUT2D eigenvalue weighted by Gasteiger charge is 2.11. The lowest BCUT2D eigenvalue weighted by Gasteiger charge is -2.22. The second-order valence-corrected chi connectivity index (χ2v) is 5.56. The molecule has 1 heterocycles. The first-order chi connectivity index (χ1) is 9.45. The SMILES string of the molecule is c1ccc(CCCCOCCC2CCCNC2)cc1. The van der Waals surface area contributed by atoms with Gasteiger partial charge in [0, 0.05) is 13.2 Å². The number of aryl methyl sites for hydroxylation is 1. The molecule has 2 nitrogen and oxygen atoms in total. The Kier molecular flexibility index (Phi) is 6.97. The van der Waals surface area contributed by atoms with Crippen molar-refractivity contribution in [1.82, 2.24) is 5.32 Å². The Balaban J connectivity index is 1.42. The van der Waals surface area contributed by atoms with Crippen LogP contribution in [0.2, 0.25) is 0 Å². The van der Waals surface area contributed by atoms with Crippen LogP contribution in [0.4, 0.5) is 0 Å². The van der Waals surface area contributed by atoms with E-state index in [9.17, 15) is 0 Å². The first-order valence-electron chi connectivity index (χ1n) is 7.77. The molecule has 1 fully saturated rings. The average Bonchev–Trinajstić information content (AvgIpc) is 2.48. The molecule has 0 spiro atoms. The van der Waals surface area contributed by atoms with Gasteiger partial charge in [-0.25, -0.2) is 0 Å². The smallest absolute Gasteiger partial charge is 0.0469 e. The number of ether oxygens (including phenoxy) is 1. The van der Waals surface area contributed by atoms with Crippen molar-refractivity contribution in [3.05, 3.63) is 35.9 Å². The zero-order chi connectivity index (χ0) is 13.2. The predicted molar refractivity (Wildman–Crippen MR) is 80.4 cm³/mol. The molecule has 19 heavy (non-hydrogen) atoms. The number of hydrogen-bond acceptors (Lipinski definition) is 2. The van der Waals surface area contributed by atoms with E-state index in [1.54, 1.807) is 0 Å². The Morgan fingerprint density at radius 1 is 1.11 bits per heavy atom. The molecule has 0 bridgehead atoms. The summed E-state index contributed by atoms with van der Waals surface area (Å²) in [6, 6.07) is 10.7. The molecule has 1 aliphatic rings. The largest absolute Gasteiger partial charge is 0.381 e.